The van der Waals surface area contributed by atoms with Crippen LogP contribution >= 0.6 is 7.05 Å². The molecule has 0 fully saturated rings. The van der Waals surface area contributed by atoms with E-state index in [0.29, 0.717) is 16.2 Å². The quantitative estimate of drug-likeness (QED) is 0.195. The first-order chi connectivity index (χ1) is 13.6. The molecule has 0 radical (unpaired) electrons. The summed E-state index contributed by atoms with van der Waals surface area (Å²) in [7, 11) is -1.39. The predicted molar refractivity (Wildman–Crippen MR) is 143 cm³/mol. The zero-order valence-electron chi connectivity index (χ0n) is 22.7. The molecule has 3 heteroatoms. The van der Waals surface area contributed by atoms with Crippen molar-refractivity contribution in [3.63, 3.8) is 0 Å². The van der Waals surface area contributed by atoms with E-state index in [9.17, 15) is 0 Å². The van der Waals surface area contributed by atoms with Gasteiger partial charge in [0.05, 0.1) is 0 Å². The molecule has 0 saturated carbocycles. The van der Waals surface area contributed by atoms with Gasteiger partial charge in [0.15, 0.2) is 0 Å². The van der Waals surface area contributed by atoms with E-state index in [1.165, 1.54) is 37.0 Å². The maximum Gasteiger partial charge on any atom is 0.0425 e. The summed E-state index contributed by atoms with van der Waals surface area (Å²) in [6, 6.07) is 0. The van der Waals surface area contributed by atoms with Crippen molar-refractivity contribution in [2.24, 2.45) is 21.0 Å². The second-order valence-electron chi connectivity index (χ2n) is 12.4. The third-order valence-corrected chi connectivity index (χ3v) is 9.59. The van der Waals surface area contributed by atoms with Gasteiger partial charge in [-0.15, -0.1) is 0 Å². The molecule has 0 saturated heterocycles. The van der Waals surface area contributed by atoms with Crippen molar-refractivity contribution in [2.45, 2.75) is 95.4 Å². The molecule has 1 rings (SSSR count). The number of hydrogen-bond acceptors (Lipinski definition) is 1. The van der Waals surface area contributed by atoms with Crippen LogP contribution in [0.3, 0.4) is 0 Å². The Morgan fingerprint density at radius 2 is 1.35 bits per heavy atom. The van der Waals surface area contributed by atoms with E-state index in [-0.39, 0.29) is 21.7 Å². The van der Waals surface area contributed by atoms with Crippen molar-refractivity contribution in [2.75, 3.05) is 18.5 Å². The van der Waals surface area contributed by atoms with E-state index in [0.717, 1.165) is 6.42 Å². The van der Waals surface area contributed by atoms with Crippen molar-refractivity contribution < 1.29 is 21.7 Å². The Labute approximate surface area is 211 Å². The summed E-state index contributed by atoms with van der Waals surface area (Å²) < 4.78 is 5.47. The van der Waals surface area contributed by atoms with Crippen LogP contribution in [0.4, 0.5) is 0 Å². The first kappa shape index (κ1) is 33.1. The predicted octanol–water partition coefficient (Wildman–Crippen LogP) is 10.1. The van der Waals surface area contributed by atoms with Crippen molar-refractivity contribution in [1.29, 1.82) is 0 Å². The second-order valence-corrected chi connectivity index (χ2v) is 15.7. The Bertz CT molecular complexity index is 611. The molecule has 0 bridgehead atoms. The second kappa shape index (κ2) is 14.9. The van der Waals surface area contributed by atoms with Gasteiger partial charge in [0.25, 0.3) is 0 Å². The van der Waals surface area contributed by atoms with Crippen LogP contribution in [0, 0.1) is 16.2 Å². The molecule has 0 N–H and O–H groups in total. The summed E-state index contributed by atoms with van der Waals surface area (Å²) in [5.41, 5.74) is 2.31. The molecule has 0 spiro atoms. The van der Waals surface area contributed by atoms with Gasteiger partial charge in [0.2, 0.25) is 0 Å². The summed E-state index contributed by atoms with van der Waals surface area (Å²) >= 11 is 0. The van der Waals surface area contributed by atoms with Crippen LogP contribution in [0.25, 0.3) is 0 Å². The van der Waals surface area contributed by atoms with Crippen LogP contribution in [0.5, 0.6) is 0 Å². The maximum atomic E-state index is 5.47. The standard InChI is InChI=1S/C20H38NP.C8H14.Ti/c1-18(2,3)14-22(15-19(4,5)6,16-20(7,8)9)21-17-12-10-11-13-17;1-3-5-7-8-6-4-2;/h10-12H,13-16H2,1-9H3;3,5,7-8H,4,6H2,1-2H3;. The molecular weight excluding hydrogens is 429 g/mol. The fourth-order valence-corrected chi connectivity index (χ4v) is 10.7. The summed E-state index contributed by atoms with van der Waals surface area (Å²) in [4.78, 5) is 0. The Balaban J connectivity index is 0. The van der Waals surface area contributed by atoms with Crippen LogP contribution in [-0.2, 0) is 21.7 Å². The number of allylic oxidation sites excluding steroid dienone is 7. The summed E-state index contributed by atoms with van der Waals surface area (Å²) in [5.74, 6) is 0. The number of nitrogens with zero attached hydrogens (tertiary/aromatic N) is 1. The zero-order chi connectivity index (χ0) is 23.5. The fraction of sp³-hybridized carbons (Fsp3) is 0.714. The Hall–Kier alpha value is -0.0957. The molecule has 1 aliphatic carbocycles. The monoisotopic (exact) mass is 481 g/mol. The van der Waals surface area contributed by atoms with Crippen LogP contribution in [0.15, 0.2) is 53.0 Å². The third kappa shape index (κ3) is 19.1. The molecule has 178 valence electrons. The van der Waals surface area contributed by atoms with Crippen molar-refractivity contribution in [3.8, 4) is 0 Å². The first-order valence-corrected chi connectivity index (χ1v) is 14.1. The van der Waals surface area contributed by atoms with Gasteiger partial charge in [-0.3, -0.25) is 4.74 Å². The van der Waals surface area contributed by atoms with Gasteiger partial charge in [-0.1, -0.05) is 112 Å². The smallest absolute Gasteiger partial charge is 0.0425 e. The molecule has 1 aliphatic rings. The largest absolute Gasteiger partial charge is 0.272 e. The average molecular weight is 482 g/mol. The van der Waals surface area contributed by atoms with E-state index < -0.39 is 7.05 Å². The van der Waals surface area contributed by atoms with Crippen LogP contribution in [-0.4, -0.2) is 18.5 Å². The first-order valence-electron chi connectivity index (χ1n) is 11.8. The van der Waals surface area contributed by atoms with Gasteiger partial charge in [-0.2, -0.15) is 0 Å². The maximum absolute atomic E-state index is 5.47. The summed E-state index contributed by atoms with van der Waals surface area (Å²) in [5, 5.41) is 0. The Morgan fingerprint density at radius 3 is 1.68 bits per heavy atom. The molecule has 31 heavy (non-hydrogen) atoms. The van der Waals surface area contributed by atoms with Gasteiger partial charge in [0, 0.05) is 33.8 Å². The summed E-state index contributed by atoms with van der Waals surface area (Å²) in [6.07, 6.45) is 22.2. The van der Waals surface area contributed by atoms with Gasteiger partial charge in [-0.05, 0) is 61.2 Å². The minimum absolute atomic E-state index is 0. The molecule has 0 aromatic heterocycles. The zero-order valence-corrected chi connectivity index (χ0v) is 25.1. The molecule has 0 unspecified atom stereocenters. The van der Waals surface area contributed by atoms with Gasteiger partial charge < -0.3 is 0 Å². The van der Waals surface area contributed by atoms with E-state index >= 15 is 0 Å². The Kier molecular flexibility index (Phi) is 15.9. The van der Waals surface area contributed by atoms with Gasteiger partial charge >= 0.3 is 0 Å². The van der Waals surface area contributed by atoms with Crippen molar-refractivity contribution in [3.05, 3.63) is 48.2 Å². The third-order valence-electron chi connectivity index (χ3n) is 4.29. The number of unbranched alkanes of at least 4 members (excludes halogenated alkanes) is 1. The summed E-state index contributed by atoms with van der Waals surface area (Å²) in [6.45, 7) is 25.6. The van der Waals surface area contributed by atoms with Gasteiger partial charge in [-0.25, -0.2) is 0 Å². The Morgan fingerprint density at radius 1 is 0.871 bits per heavy atom. The molecule has 0 aromatic rings. The van der Waals surface area contributed by atoms with E-state index in [1.54, 1.807) is 0 Å². The number of hydrogen-bond donors (Lipinski definition) is 0. The van der Waals surface area contributed by atoms with Crippen LogP contribution in [0.1, 0.15) is 95.4 Å². The average Bonchev–Trinajstić information content (AvgIpc) is 2.99. The fourth-order valence-electron chi connectivity index (χ4n) is 4.16. The molecule has 0 heterocycles. The van der Waals surface area contributed by atoms with E-state index in [2.05, 4.69) is 106 Å². The van der Waals surface area contributed by atoms with E-state index in [4.69, 9.17) is 4.74 Å². The number of rotatable bonds is 7. The van der Waals surface area contributed by atoms with Gasteiger partial charge in [0.1, 0.15) is 0 Å². The minimum Gasteiger partial charge on any atom is -0.272 e. The molecule has 0 aromatic carbocycles. The van der Waals surface area contributed by atoms with Crippen LogP contribution in [0.2, 0.25) is 0 Å². The molecule has 0 amide bonds. The van der Waals surface area contributed by atoms with Crippen molar-refractivity contribution in [1.82, 2.24) is 0 Å². The molecule has 1 nitrogen and oxygen atoms in total. The van der Waals surface area contributed by atoms with Crippen LogP contribution < -0.4 is 0 Å². The molecule has 0 atom stereocenters. The normalized spacial score (nSPS) is 15.0. The molecule has 0 aliphatic heterocycles. The molecular formula is C28H52NPTi. The minimum atomic E-state index is -1.39. The van der Waals surface area contributed by atoms with E-state index in [1.807, 2.05) is 13.0 Å². The topological polar surface area (TPSA) is 12.4 Å². The SMILES string of the molecule is CC(C)(C)CP(CC(C)(C)C)(CC(C)(C)C)=NC1=CC=CC1.CC=CC=CCCC.[Ti]. The van der Waals surface area contributed by atoms with Crippen molar-refractivity contribution >= 4 is 7.05 Å².